The molecule has 1 fully saturated rings. The molecule has 0 aromatic carbocycles. The lowest BCUT2D eigenvalue weighted by Gasteiger charge is -2.28. The largest absolute Gasteiger partial charge is 0.469 e. The number of methoxy groups -OCH3 is 1. The number of amides is 1. The van der Waals surface area contributed by atoms with Crippen LogP contribution in [0.5, 0.6) is 0 Å². The summed E-state index contributed by atoms with van der Waals surface area (Å²) in [6.07, 6.45) is -0.583. The highest BCUT2D eigenvalue weighted by Gasteiger charge is 2.32. The summed E-state index contributed by atoms with van der Waals surface area (Å²) in [7, 11) is 0.864. The number of carbonyl (C=O) groups is 2. The topological polar surface area (TPSA) is 105 Å². The number of hydrogen-bond donors (Lipinski definition) is 0. The Hall–Kier alpha value is -1.52. The van der Waals surface area contributed by atoms with Crippen LogP contribution in [-0.4, -0.2) is 37.0 Å². The average Bonchev–Trinajstić information content (AvgIpc) is 2.27. The summed E-state index contributed by atoms with van der Waals surface area (Å²) >= 11 is 0. The SMILES string of the molecule is COC(=O)C1COC(=O)N(PN=[N+]=[N-])C1. The maximum absolute atomic E-state index is 11.2. The van der Waals surface area contributed by atoms with E-state index in [0.717, 1.165) is 0 Å². The third kappa shape index (κ3) is 2.97. The molecule has 2 atom stereocenters. The van der Waals surface area contributed by atoms with Crippen molar-refractivity contribution >= 4 is 20.9 Å². The van der Waals surface area contributed by atoms with E-state index >= 15 is 0 Å². The van der Waals surface area contributed by atoms with E-state index in [2.05, 4.69) is 14.5 Å². The Kier molecular flexibility index (Phi) is 4.15. The molecule has 1 amide bonds. The lowest BCUT2D eigenvalue weighted by molar-refractivity contribution is -0.148. The van der Waals surface area contributed by atoms with Gasteiger partial charge in [0, 0.05) is 11.5 Å². The van der Waals surface area contributed by atoms with Gasteiger partial charge >= 0.3 is 12.1 Å². The number of hydrogen-bond acceptors (Lipinski definition) is 5. The van der Waals surface area contributed by atoms with Crippen LogP contribution in [0.15, 0.2) is 4.88 Å². The molecule has 1 aliphatic rings. The van der Waals surface area contributed by atoms with Crippen LogP contribution < -0.4 is 0 Å². The highest BCUT2D eigenvalue weighted by Crippen LogP contribution is 2.26. The van der Waals surface area contributed by atoms with Gasteiger partial charge in [-0.15, -0.1) is 0 Å². The normalized spacial score (nSPS) is 21.0. The summed E-state index contributed by atoms with van der Waals surface area (Å²) in [6.45, 7) is 0.158. The zero-order valence-electron chi connectivity index (χ0n) is 7.91. The fourth-order valence-electron chi connectivity index (χ4n) is 1.06. The van der Waals surface area contributed by atoms with Gasteiger partial charge in [0.15, 0.2) is 0 Å². The van der Waals surface area contributed by atoms with Gasteiger partial charge in [0.1, 0.15) is 12.5 Å². The molecule has 1 rings (SSSR count). The number of nitrogens with zero attached hydrogens (tertiary/aromatic N) is 4. The predicted molar refractivity (Wildman–Crippen MR) is 51.0 cm³/mol. The molecule has 1 heterocycles. The smallest absolute Gasteiger partial charge is 0.413 e. The summed E-state index contributed by atoms with van der Waals surface area (Å²) < 4.78 is 10.4. The maximum Gasteiger partial charge on any atom is 0.413 e. The number of azide groups is 1. The Bertz CT molecular complexity index is 316. The van der Waals surface area contributed by atoms with Crippen LogP contribution in [0.2, 0.25) is 0 Å². The van der Waals surface area contributed by atoms with E-state index in [9.17, 15) is 9.59 Å². The van der Waals surface area contributed by atoms with Gasteiger partial charge in [0.25, 0.3) is 0 Å². The van der Waals surface area contributed by atoms with E-state index in [1.165, 1.54) is 11.8 Å². The Labute approximate surface area is 87.0 Å². The first-order valence-electron chi connectivity index (χ1n) is 4.01. The van der Waals surface area contributed by atoms with Gasteiger partial charge in [-0.3, -0.25) is 9.46 Å². The van der Waals surface area contributed by atoms with Crippen molar-refractivity contribution in [1.82, 2.24) is 4.67 Å². The third-order valence-electron chi connectivity index (χ3n) is 1.78. The minimum atomic E-state index is -0.583. The fourth-order valence-corrected chi connectivity index (χ4v) is 1.66. The number of cyclic esters (lactones) is 1. The van der Waals surface area contributed by atoms with E-state index in [-0.39, 0.29) is 13.2 Å². The van der Waals surface area contributed by atoms with Crippen molar-refractivity contribution in [3.05, 3.63) is 10.4 Å². The van der Waals surface area contributed by atoms with Crippen molar-refractivity contribution in [3.63, 3.8) is 0 Å². The number of esters is 1. The molecule has 0 radical (unpaired) electrons. The second-order valence-corrected chi connectivity index (χ2v) is 3.64. The van der Waals surface area contributed by atoms with E-state index in [0.29, 0.717) is 0 Å². The van der Waals surface area contributed by atoms with Gasteiger partial charge in [-0.25, -0.2) is 4.79 Å². The highest BCUT2D eigenvalue weighted by atomic mass is 31.1. The van der Waals surface area contributed by atoms with Crippen LogP contribution in [0.4, 0.5) is 4.79 Å². The van der Waals surface area contributed by atoms with E-state index < -0.39 is 26.9 Å². The Balaban J connectivity index is 2.59. The summed E-state index contributed by atoms with van der Waals surface area (Å²) in [5.41, 5.74) is 8.10. The lowest BCUT2D eigenvalue weighted by atomic mass is 10.1. The molecular weight excluding hydrogens is 223 g/mol. The van der Waals surface area contributed by atoms with E-state index in [4.69, 9.17) is 10.3 Å². The van der Waals surface area contributed by atoms with Crippen LogP contribution in [0.1, 0.15) is 0 Å². The average molecular weight is 232 g/mol. The van der Waals surface area contributed by atoms with Crippen molar-refractivity contribution in [2.75, 3.05) is 20.3 Å². The lowest BCUT2D eigenvalue weighted by Crippen LogP contribution is -2.41. The standard InChI is InChI=1S/C6H9N4O4P/c1-13-5(11)4-2-10(15-9-8-7)6(12)14-3-4/h4,15H,2-3H2,1H3. The van der Waals surface area contributed by atoms with E-state index in [1.54, 1.807) is 0 Å². The number of ether oxygens (including phenoxy) is 2. The minimum absolute atomic E-state index is 0.00273. The summed E-state index contributed by atoms with van der Waals surface area (Å²) in [6, 6.07) is 0. The molecule has 1 saturated heterocycles. The number of rotatable bonds is 3. The van der Waals surface area contributed by atoms with Crippen molar-refractivity contribution in [2.45, 2.75) is 0 Å². The Morgan fingerprint density at radius 1 is 1.87 bits per heavy atom. The van der Waals surface area contributed by atoms with Crippen molar-refractivity contribution in [1.29, 1.82) is 0 Å². The molecule has 0 bridgehead atoms. The molecule has 1 aliphatic heterocycles. The molecule has 0 aliphatic carbocycles. The molecule has 0 saturated carbocycles. The van der Waals surface area contributed by atoms with Crippen LogP contribution >= 0.6 is 8.88 Å². The van der Waals surface area contributed by atoms with Crippen LogP contribution in [0.3, 0.4) is 0 Å². The Morgan fingerprint density at radius 2 is 2.60 bits per heavy atom. The highest BCUT2D eigenvalue weighted by molar-refractivity contribution is 7.34. The second-order valence-electron chi connectivity index (χ2n) is 2.70. The van der Waals surface area contributed by atoms with Gasteiger partial charge in [-0.2, -0.15) is 0 Å². The van der Waals surface area contributed by atoms with Gasteiger partial charge in [0.2, 0.25) is 0 Å². The van der Waals surface area contributed by atoms with Crippen LogP contribution in [0.25, 0.3) is 10.4 Å². The van der Waals surface area contributed by atoms with Gasteiger partial charge in [-0.05, 0) is 5.53 Å². The van der Waals surface area contributed by atoms with Crippen LogP contribution in [0, 0.1) is 5.92 Å². The fraction of sp³-hybridized carbons (Fsp3) is 0.667. The predicted octanol–water partition coefficient (Wildman–Crippen LogP) is 1.05. The molecule has 2 unspecified atom stereocenters. The zero-order chi connectivity index (χ0) is 11.3. The summed E-state index contributed by atoms with van der Waals surface area (Å²) in [5.74, 6) is -0.965. The first-order valence-corrected chi connectivity index (χ1v) is 4.90. The molecular formula is C6H9N4O4P. The zero-order valence-corrected chi connectivity index (χ0v) is 8.91. The van der Waals surface area contributed by atoms with Gasteiger partial charge in [0.05, 0.1) is 16.0 Å². The molecule has 82 valence electrons. The quantitative estimate of drug-likeness (QED) is 0.238. The summed E-state index contributed by atoms with van der Waals surface area (Å²) in [4.78, 5) is 28.1. The molecule has 0 aromatic rings. The van der Waals surface area contributed by atoms with Crippen LogP contribution in [-0.2, 0) is 14.3 Å². The first-order chi connectivity index (χ1) is 7.19. The first kappa shape index (κ1) is 11.6. The molecule has 0 aromatic heterocycles. The van der Waals surface area contributed by atoms with Crippen molar-refractivity contribution in [3.8, 4) is 0 Å². The minimum Gasteiger partial charge on any atom is -0.469 e. The van der Waals surface area contributed by atoms with Crippen molar-refractivity contribution < 1.29 is 19.1 Å². The monoisotopic (exact) mass is 232 g/mol. The van der Waals surface area contributed by atoms with Gasteiger partial charge < -0.3 is 9.47 Å². The molecule has 15 heavy (non-hydrogen) atoms. The molecule has 8 nitrogen and oxygen atoms in total. The molecule has 0 N–H and O–H groups in total. The number of carbonyl (C=O) groups excluding carboxylic acids is 2. The van der Waals surface area contributed by atoms with E-state index in [1.807, 2.05) is 0 Å². The maximum atomic E-state index is 11.2. The van der Waals surface area contributed by atoms with Crippen molar-refractivity contribution in [2.24, 2.45) is 10.8 Å². The molecule has 9 heteroatoms. The Morgan fingerprint density at radius 3 is 3.20 bits per heavy atom. The summed E-state index contributed by atoms with van der Waals surface area (Å²) in [5, 5.41) is 0. The third-order valence-corrected chi connectivity index (χ3v) is 2.56. The second kappa shape index (κ2) is 5.38. The molecule has 0 spiro atoms. The van der Waals surface area contributed by atoms with Gasteiger partial charge in [-0.1, -0.05) is 4.88 Å².